The lowest BCUT2D eigenvalue weighted by atomic mass is 10.2. The van der Waals surface area contributed by atoms with E-state index in [1.807, 2.05) is 35.8 Å². The zero-order chi connectivity index (χ0) is 18.0. The molecule has 0 atom stereocenters. The van der Waals surface area contributed by atoms with Gasteiger partial charge in [0.25, 0.3) is 5.91 Å². The second kappa shape index (κ2) is 7.37. The highest BCUT2D eigenvalue weighted by atomic mass is 79.9. The summed E-state index contributed by atoms with van der Waals surface area (Å²) in [7, 11) is 0. The summed E-state index contributed by atoms with van der Waals surface area (Å²) in [5.74, 6) is 0.634. The summed E-state index contributed by atoms with van der Waals surface area (Å²) in [5.41, 5.74) is 4.99. The van der Waals surface area contributed by atoms with Gasteiger partial charge < -0.3 is 9.67 Å². The van der Waals surface area contributed by atoms with Gasteiger partial charge in [-0.05, 0) is 68.6 Å². The molecular formula is C17H14Br2N4O2. The van der Waals surface area contributed by atoms with E-state index in [2.05, 4.69) is 47.4 Å². The molecule has 0 saturated carbocycles. The predicted molar refractivity (Wildman–Crippen MR) is 104 cm³/mol. The average molecular weight is 466 g/mol. The molecule has 25 heavy (non-hydrogen) atoms. The van der Waals surface area contributed by atoms with E-state index in [1.165, 1.54) is 6.21 Å². The number of benzene rings is 2. The fourth-order valence-corrected chi connectivity index (χ4v) is 3.63. The SMILES string of the molecule is Cc1nc2ccccc2n1CC(=O)N/N=C/c1cc(Br)c(O)c(Br)c1. The lowest BCUT2D eigenvalue weighted by Crippen LogP contribution is -2.23. The Hall–Kier alpha value is -2.19. The minimum atomic E-state index is -0.251. The van der Waals surface area contributed by atoms with Crippen molar-refractivity contribution in [3.8, 4) is 5.75 Å². The third kappa shape index (κ3) is 3.91. The van der Waals surface area contributed by atoms with Crippen LogP contribution in [-0.4, -0.2) is 26.8 Å². The molecule has 0 spiro atoms. The lowest BCUT2D eigenvalue weighted by molar-refractivity contribution is -0.121. The van der Waals surface area contributed by atoms with Crippen LogP contribution in [-0.2, 0) is 11.3 Å². The summed E-state index contributed by atoms with van der Waals surface area (Å²) < 4.78 is 2.92. The predicted octanol–water partition coefficient (Wildman–Crippen LogP) is 3.73. The van der Waals surface area contributed by atoms with Crippen molar-refractivity contribution in [1.29, 1.82) is 0 Å². The van der Waals surface area contributed by atoms with Crippen molar-refractivity contribution in [2.45, 2.75) is 13.5 Å². The van der Waals surface area contributed by atoms with Crippen LogP contribution in [0.2, 0.25) is 0 Å². The number of nitrogens with zero attached hydrogens (tertiary/aromatic N) is 3. The van der Waals surface area contributed by atoms with E-state index in [-0.39, 0.29) is 18.2 Å². The zero-order valence-corrected chi connectivity index (χ0v) is 16.4. The van der Waals surface area contributed by atoms with Crippen molar-refractivity contribution in [2.75, 3.05) is 0 Å². The number of phenolic OH excluding ortho intramolecular Hbond substituents is 1. The normalized spacial score (nSPS) is 11.3. The molecule has 0 unspecified atom stereocenters. The van der Waals surface area contributed by atoms with Crippen LogP contribution in [0, 0.1) is 6.92 Å². The molecule has 1 heterocycles. The van der Waals surface area contributed by atoms with Gasteiger partial charge in [-0.1, -0.05) is 12.1 Å². The zero-order valence-electron chi connectivity index (χ0n) is 13.2. The molecule has 8 heteroatoms. The van der Waals surface area contributed by atoms with Crippen LogP contribution in [0.5, 0.6) is 5.75 Å². The molecule has 0 aliphatic carbocycles. The van der Waals surface area contributed by atoms with E-state index in [9.17, 15) is 9.90 Å². The number of phenols is 1. The number of aryl methyl sites for hydroxylation is 1. The van der Waals surface area contributed by atoms with Crippen LogP contribution >= 0.6 is 31.9 Å². The highest BCUT2D eigenvalue weighted by Gasteiger charge is 2.10. The topological polar surface area (TPSA) is 79.5 Å². The Balaban J connectivity index is 1.69. The number of hydrogen-bond donors (Lipinski definition) is 2. The fraction of sp³-hybridized carbons (Fsp3) is 0.118. The molecule has 0 bridgehead atoms. The molecule has 128 valence electrons. The third-order valence-electron chi connectivity index (χ3n) is 3.59. The Labute approximate surface area is 160 Å². The minimum absolute atomic E-state index is 0.114. The summed E-state index contributed by atoms with van der Waals surface area (Å²) in [6.07, 6.45) is 1.51. The molecule has 2 aromatic carbocycles. The van der Waals surface area contributed by atoms with Gasteiger partial charge in [0.15, 0.2) is 0 Å². The van der Waals surface area contributed by atoms with Gasteiger partial charge in [0.2, 0.25) is 0 Å². The molecule has 6 nitrogen and oxygen atoms in total. The molecule has 0 saturated heterocycles. The summed E-state index contributed by atoms with van der Waals surface area (Å²) >= 11 is 6.50. The van der Waals surface area contributed by atoms with Gasteiger partial charge in [-0.3, -0.25) is 4.79 Å². The lowest BCUT2D eigenvalue weighted by Gasteiger charge is -2.05. The van der Waals surface area contributed by atoms with Gasteiger partial charge in [0, 0.05) is 0 Å². The highest BCUT2D eigenvalue weighted by Crippen LogP contribution is 2.32. The number of nitrogens with one attached hydrogen (secondary N) is 1. The monoisotopic (exact) mass is 464 g/mol. The molecular weight excluding hydrogens is 452 g/mol. The Bertz CT molecular complexity index is 959. The molecule has 0 aliphatic heterocycles. The van der Waals surface area contributed by atoms with Crippen LogP contribution < -0.4 is 5.43 Å². The van der Waals surface area contributed by atoms with E-state index in [4.69, 9.17) is 0 Å². The Morgan fingerprint density at radius 3 is 2.72 bits per heavy atom. The molecule has 0 aliphatic rings. The number of halogens is 2. The van der Waals surface area contributed by atoms with Gasteiger partial charge in [0.1, 0.15) is 18.1 Å². The van der Waals surface area contributed by atoms with Crippen molar-refractivity contribution in [2.24, 2.45) is 5.10 Å². The third-order valence-corrected chi connectivity index (χ3v) is 4.80. The number of fused-ring (bicyclic) bond motifs is 1. The Kier molecular flexibility index (Phi) is 5.19. The number of aromatic hydroxyl groups is 1. The number of imidazole rings is 1. The van der Waals surface area contributed by atoms with Gasteiger partial charge in [-0.15, -0.1) is 0 Å². The summed E-state index contributed by atoms with van der Waals surface area (Å²) in [4.78, 5) is 16.6. The van der Waals surface area contributed by atoms with Gasteiger partial charge in [-0.25, -0.2) is 10.4 Å². The van der Waals surface area contributed by atoms with E-state index in [0.717, 1.165) is 22.4 Å². The number of carbonyl (C=O) groups is 1. The Morgan fingerprint density at radius 2 is 2.00 bits per heavy atom. The van der Waals surface area contributed by atoms with Crippen molar-refractivity contribution in [3.63, 3.8) is 0 Å². The molecule has 2 N–H and O–H groups in total. The smallest absolute Gasteiger partial charge is 0.260 e. The fourth-order valence-electron chi connectivity index (χ4n) is 2.41. The van der Waals surface area contributed by atoms with Crippen molar-refractivity contribution >= 4 is 55.0 Å². The number of aromatic nitrogens is 2. The molecule has 1 aromatic heterocycles. The number of carbonyl (C=O) groups excluding carboxylic acids is 1. The first-order chi connectivity index (χ1) is 12.0. The second-order valence-electron chi connectivity index (χ2n) is 5.36. The highest BCUT2D eigenvalue weighted by molar-refractivity contribution is 9.11. The summed E-state index contributed by atoms with van der Waals surface area (Å²) in [6, 6.07) is 11.1. The quantitative estimate of drug-likeness (QED) is 0.455. The number of hydrogen-bond acceptors (Lipinski definition) is 4. The van der Waals surface area contributed by atoms with Gasteiger partial charge >= 0.3 is 0 Å². The molecule has 3 aromatic rings. The largest absolute Gasteiger partial charge is 0.506 e. The average Bonchev–Trinajstić information content (AvgIpc) is 2.88. The van der Waals surface area contributed by atoms with E-state index >= 15 is 0 Å². The van der Waals surface area contributed by atoms with Crippen LogP contribution in [0.15, 0.2) is 50.4 Å². The number of rotatable bonds is 4. The van der Waals surface area contributed by atoms with Crippen LogP contribution in [0.25, 0.3) is 11.0 Å². The van der Waals surface area contributed by atoms with Crippen molar-refractivity contribution in [3.05, 3.63) is 56.7 Å². The first-order valence-electron chi connectivity index (χ1n) is 7.37. The van der Waals surface area contributed by atoms with Crippen LogP contribution in [0.4, 0.5) is 0 Å². The molecule has 1 amide bonds. The maximum atomic E-state index is 12.2. The van der Waals surface area contributed by atoms with Gasteiger partial charge in [0.05, 0.1) is 26.2 Å². The van der Waals surface area contributed by atoms with E-state index < -0.39 is 0 Å². The van der Waals surface area contributed by atoms with Crippen molar-refractivity contribution in [1.82, 2.24) is 15.0 Å². The summed E-state index contributed by atoms with van der Waals surface area (Å²) in [6.45, 7) is 1.99. The molecule has 0 fully saturated rings. The Morgan fingerprint density at radius 1 is 1.32 bits per heavy atom. The van der Waals surface area contributed by atoms with Crippen LogP contribution in [0.3, 0.4) is 0 Å². The number of amides is 1. The number of hydrazone groups is 1. The van der Waals surface area contributed by atoms with E-state index in [0.29, 0.717) is 8.95 Å². The first-order valence-corrected chi connectivity index (χ1v) is 8.96. The first kappa shape index (κ1) is 17.6. The second-order valence-corrected chi connectivity index (χ2v) is 7.07. The molecule has 0 radical (unpaired) electrons. The maximum absolute atomic E-state index is 12.2. The number of para-hydroxylation sites is 2. The maximum Gasteiger partial charge on any atom is 0.260 e. The van der Waals surface area contributed by atoms with Gasteiger partial charge in [-0.2, -0.15) is 5.10 Å². The summed E-state index contributed by atoms with van der Waals surface area (Å²) in [5, 5.41) is 13.6. The van der Waals surface area contributed by atoms with Crippen LogP contribution in [0.1, 0.15) is 11.4 Å². The molecule has 3 rings (SSSR count). The standard InChI is InChI=1S/C17H14Br2N4O2/c1-10-21-14-4-2-3-5-15(14)23(10)9-16(24)22-20-8-11-6-12(18)17(25)13(19)7-11/h2-8,25H,9H2,1H3,(H,22,24)/b20-8+. The van der Waals surface area contributed by atoms with E-state index in [1.54, 1.807) is 12.1 Å². The van der Waals surface area contributed by atoms with Crippen molar-refractivity contribution < 1.29 is 9.90 Å². The minimum Gasteiger partial charge on any atom is -0.506 e.